The highest BCUT2D eigenvalue weighted by atomic mass is 16.3. The van der Waals surface area contributed by atoms with Gasteiger partial charge in [0.2, 0.25) is 0 Å². The molecule has 24 heavy (non-hydrogen) atoms. The highest BCUT2D eigenvalue weighted by Gasteiger charge is 2.16. The first-order valence-electron chi connectivity index (χ1n) is 8.31. The third-order valence-electron chi connectivity index (χ3n) is 4.98. The van der Waals surface area contributed by atoms with Crippen LogP contribution in [0.1, 0.15) is 11.1 Å². The predicted molar refractivity (Wildman–Crippen MR) is 98.6 cm³/mol. The number of hydrogen-bond acceptors (Lipinski definition) is 2. The molecule has 0 saturated carbocycles. The van der Waals surface area contributed by atoms with Crippen molar-refractivity contribution in [3.05, 3.63) is 47.8 Å². The molecular formula is C20H22N3O+. The molecule has 0 aliphatic heterocycles. The van der Waals surface area contributed by atoms with E-state index in [4.69, 9.17) is 0 Å². The van der Waals surface area contributed by atoms with Crippen molar-refractivity contribution in [1.29, 1.82) is 0 Å². The minimum absolute atomic E-state index is 0.303. The first kappa shape index (κ1) is 15.0. The second-order valence-corrected chi connectivity index (χ2v) is 6.47. The fourth-order valence-electron chi connectivity index (χ4n) is 3.66. The number of nitrogens with one attached hydrogen (secondary N) is 2. The molecule has 3 N–H and O–H groups in total. The van der Waals surface area contributed by atoms with Gasteiger partial charge in [-0.15, -0.1) is 0 Å². The maximum Gasteiger partial charge on any atom is 0.176 e. The molecule has 2 heterocycles. The van der Waals surface area contributed by atoms with E-state index in [2.05, 4.69) is 47.2 Å². The van der Waals surface area contributed by atoms with E-state index in [0.717, 1.165) is 29.5 Å². The van der Waals surface area contributed by atoms with Crippen LogP contribution in [0.15, 0.2) is 36.7 Å². The number of aryl methyl sites for hydroxylation is 2. The molecule has 0 atom stereocenters. The maximum absolute atomic E-state index is 9.90. The average Bonchev–Trinajstić information content (AvgIpc) is 2.96. The van der Waals surface area contributed by atoms with Crippen LogP contribution in [0.2, 0.25) is 0 Å². The summed E-state index contributed by atoms with van der Waals surface area (Å²) in [5, 5.41) is 17.9. The van der Waals surface area contributed by atoms with Gasteiger partial charge in [0.05, 0.1) is 12.1 Å². The summed E-state index contributed by atoms with van der Waals surface area (Å²) in [6.45, 7) is 6.22. The van der Waals surface area contributed by atoms with Crippen LogP contribution < -0.4 is 9.88 Å². The van der Waals surface area contributed by atoms with Crippen LogP contribution in [0.5, 0.6) is 5.75 Å². The Hall–Kier alpha value is -2.59. The van der Waals surface area contributed by atoms with Crippen molar-refractivity contribution >= 4 is 32.6 Å². The summed E-state index contributed by atoms with van der Waals surface area (Å²) < 4.78 is 2.23. The molecule has 4 rings (SSSR count). The van der Waals surface area contributed by atoms with Crippen LogP contribution in [0.4, 0.5) is 0 Å². The minimum atomic E-state index is 0.303. The Kier molecular flexibility index (Phi) is 3.43. The molecule has 4 nitrogen and oxygen atoms in total. The van der Waals surface area contributed by atoms with Crippen LogP contribution in [-0.4, -0.2) is 23.7 Å². The van der Waals surface area contributed by atoms with Crippen molar-refractivity contribution in [1.82, 2.24) is 10.3 Å². The third kappa shape index (κ3) is 2.14. The summed E-state index contributed by atoms with van der Waals surface area (Å²) in [4.78, 5) is 3.53. The molecule has 0 aliphatic rings. The molecule has 0 fully saturated rings. The predicted octanol–water partition coefficient (Wildman–Crippen LogP) is 3.30. The zero-order valence-corrected chi connectivity index (χ0v) is 14.3. The van der Waals surface area contributed by atoms with Gasteiger partial charge in [0.1, 0.15) is 5.75 Å². The van der Waals surface area contributed by atoms with Gasteiger partial charge < -0.3 is 15.4 Å². The minimum Gasteiger partial charge on any atom is -0.508 e. The topological polar surface area (TPSA) is 51.9 Å². The highest BCUT2D eigenvalue weighted by Crippen LogP contribution is 2.36. The molecule has 2 aromatic carbocycles. The lowest BCUT2D eigenvalue weighted by Crippen LogP contribution is -2.37. The molecule has 4 heteroatoms. The number of aromatic amines is 1. The van der Waals surface area contributed by atoms with E-state index in [-0.39, 0.29) is 0 Å². The number of nitrogens with zero attached hydrogens (tertiary/aromatic N) is 1. The monoisotopic (exact) mass is 320 g/mol. The van der Waals surface area contributed by atoms with Crippen LogP contribution in [0.3, 0.4) is 0 Å². The zero-order valence-electron chi connectivity index (χ0n) is 14.3. The Balaban J connectivity index is 2.09. The van der Waals surface area contributed by atoms with E-state index in [1.54, 1.807) is 6.07 Å². The van der Waals surface area contributed by atoms with Crippen LogP contribution in [-0.2, 0) is 6.54 Å². The van der Waals surface area contributed by atoms with Gasteiger partial charge in [0.15, 0.2) is 18.9 Å². The van der Waals surface area contributed by atoms with E-state index in [0.29, 0.717) is 5.75 Å². The molecule has 0 saturated heterocycles. The van der Waals surface area contributed by atoms with Crippen molar-refractivity contribution in [3.8, 4) is 5.75 Å². The van der Waals surface area contributed by atoms with Crippen LogP contribution in [0, 0.1) is 13.8 Å². The summed E-state index contributed by atoms with van der Waals surface area (Å²) in [7, 11) is 1.97. The Morgan fingerprint density at radius 3 is 2.71 bits per heavy atom. The van der Waals surface area contributed by atoms with Gasteiger partial charge in [0.25, 0.3) is 0 Å². The molecule has 0 radical (unpaired) electrons. The number of phenolic OH excluding ortho intramolecular Hbond substituents is 1. The number of H-pyrrole nitrogens is 1. The van der Waals surface area contributed by atoms with Gasteiger partial charge in [-0.05, 0) is 55.6 Å². The lowest BCUT2D eigenvalue weighted by molar-refractivity contribution is -0.693. The van der Waals surface area contributed by atoms with Crippen molar-refractivity contribution in [2.45, 2.75) is 20.4 Å². The number of pyridine rings is 1. The van der Waals surface area contributed by atoms with E-state index in [1.165, 1.54) is 27.3 Å². The second-order valence-electron chi connectivity index (χ2n) is 6.47. The summed E-state index contributed by atoms with van der Waals surface area (Å²) in [6.07, 6.45) is 4.38. The fraction of sp³-hybridized carbons (Fsp3) is 0.250. The van der Waals surface area contributed by atoms with Crippen LogP contribution >= 0.6 is 0 Å². The first-order valence-corrected chi connectivity index (χ1v) is 8.31. The SMILES string of the molecule is CNCC[n+]1ccc2c(C)c3[nH]c4ccc(O)cc4c3c(C)c2c1. The largest absolute Gasteiger partial charge is 0.508 e. The van der Waals surface area contributed by atoms with Crippen LogP contribution in [0.25, 0.3) is 32.6 Å². The molecule has 0 amide bonds. The molecule has 4 aromatic rings. The van der Waals surface area contributed by atoms with Gasteiger partial charge in [-0.2, -0.15) is 0 Å². The van der Waals surface area contributed by atoms with Gasteiger partial charge in [-0.3, -0.25) is 0 Å². The van der Waals surface area contributed by atoms with Crippen molar-refractivity contribution < 1.29 is 9.67 Å². The molecule has 2 aromatic heterocycles. The number of phenols is 1. The highest BCUT2D eigenvalue weighted by molar-refractivity contribution is 6.16. The molecule has 0 aliphatic carbocycles. The van der Waals surface area contributed by atoms with E-state index in [9.17, 15) is 5.11 Å². The molecular weight excluding hydrogens is 298 g/mol. The fourth-order valence-corrected chi connectivity index (χ4v) is 3.66. The molecule has 0 unspecified atom stereocenters. The Morgan fingerprint density at radius 2 is 1.92 bits per heavy atom. The van der Waals surface area contributed by atoms with Crippen molar-refractivity contribution in [2.75, 3.05) is 13.6 Å². The van der Waals surface area contributed by atoms with Gasteiger partial charge >= 0.3 is 0 Å². The van der Waals surface area contributed by atoms with Gasteiger partial charge in [-0.1, -0.05) is 0 Å². The lowest BCUT2D eigenvalue weighted by Gasteiger charge is -2.08. The number of hydrogen-bond donors (Lipinski definition) is 3. The Labute approximate surface area is 140 Å². The number of likely N-dealkylation sites (N-methyl/N-ethyl adjacent to an activating group) is 1. The summed E-state index contributed by atoms with van der Waals surface area (Å²) in [5.41, 5.74) is 4.73. The summed E-state index contributed by atoms with van der Waals surface area (Å²) >= 11 is 0. The number of aromatic hydroxyl groups is 1. The second kappa shape index (κ2) is 5.49. The van der Waals surface area contributed by atoms with Gasteiger partial charge in [-0.25, -0.2) is 4.57 Å². The van der Waals surface area contributed by atoms with E-state index < -0.39 is 0 Å². The smallest absolute Gasteiger partial charge is 0.176 e. The maximum atomic E-state index is 9.90. The Bertz CT molecular complexity index is 1080. The van der Waals surface area contributed by atoms with Crippen molar-refractivity contribution in [3.63, 3.8) is 0 Å². The molecule has 0 spiro atoms. The number of rotatable bonds is 3. The van der Waals surface area contributed by atoms with E-state index >= 15 is 0 Å². The first-order chi connectivity index (χ1) is 11.6. The normalized spacial score (nSPS) is 11.8. The third-order valence-corrected chi connectivity index (χ3v) is 4.98. The average molecular weight is 320 g/mol. The quantitative estimate of drug-likeness (QED) is 0.507. The van der Waals surface area contributed by atoms with Crippen molar-refractivity contribution in [2.24, 2.45) is 0 Å². The van der Waals surface area contributed by atoms with E-state index in [1.807, 2.05) is 19.2 Å². The summed E-state index contributed by atoms with van der Waals surface area (Å²) in [5.74, 6) is 0.303. The molecule has 0 bridgehead atoms. The van der Waals surface area contributed by atoms with Gasteiger partial charge in [0, 0.05) is 27.7 Å². The summed E-state index contributed by atoms with van der Waals surface area (Å²) in [6, 6.07) is 7.73. The zero-order chi connectivity index (χ0) is 16.8. The lowest BCUT2D eigenvalue weighted by atomic mass is 9.97. The Morgan fingerprint density at radius 1 is 1.08 bits per heavy atom. The number of fused-ring (bicyclic) bond motifs is 4. The number of benzene rings is 2. The molecule has 122 valence electrons. The standard InChI is InChI=1S/C20H21N3O/c1-12-17-11-23(9-7-21-3)8-6-15(17)13(2)20-19(12)16-10-14(24)4-5-18(16)22-20/h4-6,8,10-11,21,24H,7,9H2,1-3H3/p+1. The number of aromatic nitrogens is 2.